The van der Waals surface area contributed by atoms with E-state index in [-0.39, 0.29) is 11.9 Å². The second-order valence-corrected chi connectivity index (χ2v) is 7.25. The van der Waals surface area contributed by atoms with E-state index in [1.807, 2.05) is 47.8 Å². The number of hydrogen-bond acceptors (Lipinski definition) is 4. The number of fused-ring (bicyclic) bond motifs is 1. The van der Waals surface area contributed by atoms with Gasteiger partial charge in [0.2, 0.25) is 0 Å². The fraction of sp³-hybridized carbons (Fsp3) is 0.263. The maximum absolute atomic E-state index is 12.9. The van der Waals surface area contributed by atoms with Crippen LogP contribution in [0.3, 0.4) is 0 Å². The number of rotatable bonds is 3. The van der Waals surface area contributed by atoms with Crippen LogP contribution in [0.1, 0.15) is 22.5 Å². The Hall–Kier alpha value is -2.60. The van der Waals surface area contributed by atoms with Gasteiger partial charge < -0.3 is 14.6 Å². The molecule has 0 saturated carbocycles. The number of H-pyrrole nitrogens is 1. The lowest BCUT2D eigenvalue weighted by atomic mass is 9.79. The third-order valence-electron chi connectivity index (χ3n) is 4.93. The van der Waals surface area contributed by atoms with Crippen LogP contribution in [-0.4, -0.2) is 42.0 Å². The SMILES string of the molecule is COC(=O)[C@]1(c2ccccc2)CCN(C(=O)c2cc3sccc3[nH]2)C1. The molecule has 0 bridgehead atoms. The number of hydrogen-bond donors (Lipinski definition) is 1. The summed E-state index contributed by atoms with van der Waals surface area (Å²) in [5, 5.41) is 1.99. The number of benzene rings is 1. The molecule has 0 radical (unpaired) electrons. The average Bonchev–Trinajstić information content (AvgIpc) is 3.36. The molecule has 1 aliphatic rings. The highest BCUT2D eigenvalue weighted by Crippen LogP contribution is 2.36. The summed E-state index contributed by atoms with van der Waals surface area (Å²) in [5.74, 6) is -0.369. The van der Waals surface area contributed by atoms with Crippen LogP contribution in [0, 0.1) is 0 Å². The van der Waals surface area contributed by atoms with Crippen LogP contribution in [0.25, 0.3) is 10.2 Å². The van der Waals surface area contributed by atoms with Crippen molar-refractivity contribution < 1.29 is 14.3 Å². The Morgan fingerprint density at radius 3 is 2.76 bits per heavy atom. The van der Waals surface area contributed by atoms with Crippen molar-refractivity contribution in [1.29, 1.82) is 0 Å². The zero-order chi connectivity index (χ0) is 17.4. The van der Waals surface area contributed by atoms with Crippen LogP contribution < -0.4 is 0 Å². The molecular formula is C19H18N2O3S. The summed E-state index contributed by atoms with van der Waals surface area (Å²) in [6.07, 6.45) is 0.560. The zero-order valence-electron chi connectivity index (χ0n) is 13.8. The van der Waals surface area contributed by atoms with Crippen molar-refractivity contribution in [3.63, 3.8) is 0 Å². The smallest absolute Gasteiger partial charge is 0.318 e. The first-order chi connectivity index (χ1) is 12.1. The van der Waals surface area contributed by atoms with Gasteiger partial charge >= 0.3 is 5.97 Å². The van der Waals surface area contributed by atoms with Gasteiger partial charge in [-0.25, -0.2) is 0 Å². The molecule has 1 amide bonds. The molecule has 4 rings (SSSR count). The van der Waals surface area contributed by atoms with Gasteiger partial charge in [0.05, 0.1) is 17.3 Å². The highest BCUT2D eigenvalue weighted by molar-refractivity contribution is 7.17. The molecule has 1 fully saturated rings. The molecule has 1 saturated heterocycles. The van der Waals surface area contributed by atoms with Crippen molar-refractivity contribution in [3.05, 3.63) is 59.1 Å². The molecule has 6 heteroatoms. The Morgan fingerprint density at radius 2 is 2.04 bits per heavy atom. The summed E-state index contributed by atoms with van der Waals surface area (Å²) in [6.45, 7) is 0.852. The van der Waals surface area contributed by atoms with Crippen LogP contribution in [0.4, 0.5) is 0 Å². The molecule has 1 aromatic carbocycles. The summed E-state index contributed by atoms with van der Waals surface area (Å²) < 4.78 is 6.14. The van der Waals surface area contributed by atoms with E-state index in [4.69, 9.17) is 4.74 Å². The van der Waals surface area contributed by atoms with Gasteiger partial charge in [-0.05, 0) is 29.5 Å². The average molecular weight is 354 g/mol. The van der Waals surface area contributed by atoms with Gasteiger partial charge in [-0.15, -0.1) is 11.3 Å². The minimum Gasteiger partial charge on any atom is -0.468 e. The molecule has 1 aliphatic heterocycles. The summed E-state index contributed by atoms with van der Waals surface area (Å²) in [4.78, 5) is 30.4. The Bertz CT molecular complexity index is 902. The van der Waals surface area contributed by atoms with Crippen molar-refractivity contribution >= 4 is 33.4 Å². The van der Waals surface area contributed by atoms with Gasteiger partial charge in [-0.1, -0.05) is 30.3 Å². The Morgan fingerprint density at radius 1 is 1.24 bits per heavy atom. The van der Waals surface area contributed by atoms with E-state index in [9.17, 15) is 9.59 Å². The quantitative estimate of drug-likeness (QED) is 0.735. The Balaban J connectivity index is 1.64. The first-order valence-electron chi connectivity index (χ1n) is 8.13. The van der Waals surface area contributed by atoms with Crippen molar-refractivity contribution in [2.75, 3.05) is 20.2 Å². The second-order valence-electron chi connectivity index (χ2n) is 6.30. The van der Waals surface area contributed by atoms with Gasteiger partial charge in [0, 0.05) is 13.1 Å². The number of esters is 1. The summed E-state index contributed by atoms with van der Waals surface area (Å²) >= 11 is 1.60. The fourth-order valence-electron chi connectivity index (χ4n) is 3.59. The number of aromatic nitrogens is 1. The van der Waals surface area contributed by atoms with E-state index in [2.05, 4.69) is 4.98 Å². The zero-order valence-corrected chi connectivity index (χ0v) is 14.6. The molecule has 25 heavy (non-hydrogen) atoms. The van der Waals surface area contributed by atoms with Gasteiger partial charge in [0.15, 0.2) is 0 Å². The van der Waals surface area contributed by atoms with Gasteiger partial charge in [-0.3, -0.25) is 9.59 Å². The second kappa shape index (κ2) is 6.04. The number of carbonyl (C=O) groups excluding carboxylic acids is 2. The van der Waals surface area contributed by atoms with Crippen LogP contribution in [-0.2, 0) is 14.9 Å². The van der Waals surface area contributed by atoms with Crippen LogP contribution in [0.5, 0.6) is 0 Å². The maximum Gasteiger partial charge on any atom is 0.318 e. The van der Waals surface area contributed by atoms with Gasteiger partial charge in [0.1, 0.15) is 11.1 Å². The normalized spacial score (nSPS) is 20.1. The number of nitrogens with one attached hydrogen (secondary N) is 1. The van der Waals surface area contributed by atoms with Gasteiger partial charge in [-0.2, -0.15) is 0 Å². The van der Waals surface area contributed by atoms with E-state index >= 15 is 0 Å². The third kappa shape index (κ3) is 2.53. The van der Waals surface area contributed by atoms with E-state index in [1.165, 1.54) is 7.11 Å². The predicted octanol–water partition coefficient (Wildman–Crippen LogP) is 3.19. The topological polar surface area (TPSA) is 62.4 Å². The number of thiophene rings is 1. The fourth-order valence-corrected chi connectivity index (χ4v) is 4.37. The van der Waals surface area contributed by atoms with E-state index in [1.54, 1.807) is 16.2 Å². The lowest BCUT2D eigenvalue weighted by Crippen LogP contribution is -2.41. The minimum absolute atomic E-state index is 0.0786. The molecule has 1 N–H and O–H groups in total. The molecule has 3 heterocycles. The Kier molecular flexibility index (Phi) is 3.84. The first kappa shape index (κ1) is 15.9. The summed E-state index contributed by atoms with van der Waals surface area (Å²) in [6, 6.07) is 13.4. The standard InChI is InChI=1S/C19H18N2O3S/c1-24-18(23)19(13-5-3-2-4-6-13)8-9-21(12-19)17(22)15-11-16-14(20-15)7-10-25-16/h2-7,10-11,20H,8-9,12H2,1H3/t19-/m1/s1. The number of amides is 1. The number of ether oxygens (including phenoxy) is 1. The number of nitrogens with zero attached hydrogens (tertiary/aromatic N) is 1. The van der Waals surface area contributed by atoms with Crippen molar-refractivity contribution in [2.24, 2.45) is 0 Å². The first-order valence-corrected chi connectivity index (χ1v) is 9.01. The molecule has 128 valence electrons. The molecule has 0 unspecified atom stereocenters. The lowest BCUT2D eigenvalue weighted by Gasteiger charge is -2.27. The van der Waals surface area contributed by atoms with Crippen molar-refractivity contribution in [1.82, 2.24) is 9.88 Å². The van der Waals surface area contributed by atoms with E-state index in [0.717, 1.165) is 15.8 Å². The largest absolute Gasteiger partial charge is 0.468 e. The van der Waals surface area contributed by atoms with Crippen LogP contribution in [0.15, 0.2) is 47.8 Å². The highest BCUT2D eigenvalue weighted by atomic mass is 32.1. The van der Waals surface area contributed by atoms with Crippen LogP contribution >= 0.6 is 11.3 Å². The van der Waals surface area contributed by atoms with Crippen molar-refractivity contribution in [2.45, 2.75) is 11.8 Å². The lowest BCUT2D eigenvalue weighted by molar-refractivity contribution is -0.147. The van der Waals surface area contributed by atoms with E-state index in [0.29, 0.717) is 25.2 Å². The number of likely N-dealkylation sites (tertiary alicyclic amines) is 1. The molecule has 5 nitrogen and oxygen atoms in total. The predicted molar refractivity (Wildman–Crippen MR) is 96.8 cm³/mol. The number of methoxy groups -OCH3 is 1. The maximum atomic E-state index is 12.9. The number of carbonyl (C=O) groups is 2. The monoisotopic (exact) mass is 354 g/mol. The summed E-state index contributed by atoms with van der Waals surface area (Å²) in [7, 11) is 1.40. The molecule has 2 aromatic heterocycles. The third-order valence-corrected chi connectivity index (χ3v) is 5.79. The summed E-state index contributed by atoms with van der Waals surface area (Å²) in [5.41, 5.74) is 1.63. The van der Waals surface area contributed by atoms with Crippen molar-refractivity contribution in [3.8, 4) is 0 Å². The number of aromatic amines is 1. The molecular weight excluding hydrogens is 336 g/mol. The molecule has 0 spiro atoms. The van der Waals surface area contributed by atoms with Crippen LogP contribution in [0.2, 0.25) is 0 Å². The Labute approximate surface area is 149 Å². The van der Waals surface area contributed by atoms with Gasteiger partial charge in [0.25, 0.3) is 5.91 Å². The van der Waals surface area contributed by atoms with E-state index < -0.39 is 5.41 Å². The highest BCUT2D eigenvalue weighted by Gasteiger charge is 2.48. The minimum atomic E-state index is -0.796. The molecule has 1 atom stereocenters. The molecule has 3 aromatic rings. The molecule has 0 aliphatic carbocycles.